The summed E-state index contributed by atoms with van der Waals surface area (Å²) >= 11 is 0. The van der Waals surface area contributed by atoms with Gasteiger partial charge in [-0.05, 0) is 38.8 Å². The van der Waals surface area contributed by atoms with Crippen LogP contribution in [0.2, 0.25) is 0 Å². The molecule has 0 bridgehead atoms. The van der Waals surface area contributed by atoms with Crippen LogP contribution in [0.25, 0.3) is 0 Å². The Bertz CT molecular complexity index is 504. The first-order chi connectivity index (χ1) is 9.44. The highest BCUT2D eigenvalue weighted by Gasteiger charge is 2.38. The molecule has 20 heavy (non-hydrogen) atoms. The van der Waals surface area contributed by atoms with Crippen LogP contribution in [0.4, 0.5) is 5.82 Å². The number of rotatable bonds is 4. The monoisotopic (exact) mass is 277 g/mol. The summed E-state index contributed by atoms with van der Waals surface area (Å²) in [5, 5.41) is 3.07. The van der Waals surface area contributed by atoms with Crippen molar-refractivity contribution in [3.05, 3.63) is 23.4 Å². The smallest absolute Gasteiger partial charge is 0.251 e. The molecule has 0 aromatic carbocycles. The molecule has 1 aliphatic rings. The number of nitrogens with one attached hydrogen (secondary N) is 1. The van der Waals surface area contributed by atoms with Gasteiger partial charge < -0.3 is 15.8 Å². The number of hydrogen-bond donors (Lipinski definition) is 2. The Hall–Kier alpha value is -1.62. The van der Waals surface area contributed by atoms with E-state index in [1.54, 1.807) is 6.07 Å². The largest absolute Gasteiger partial charge is 0.384 e. The molecular formula is C15H23N3O2. The number of carbonyl (C=O) groups excluding carboxylic acids is 1. The highest BCUT2D eigenvalue weighted by molar-refractivity contribution is 5.95. The summed E-state index contributed by atoms with van der Waals surface area (Å²) in [6.45, 7) is 6.75. The average Bonchev–Trinajstić information content (AvgIpc) is 2.69. The maximum Gasteiger partial charge on any atom is 0.251 e. The van der Waals surface area contributed by atoms with Crippen molar-refractivity contribution in [2.24, 2.45) is 0 Å². The number of pyridine rings is 1. The Morgan fingerprint density at radius 1 is 1.60 bits per heavy atom. The highest BCUT2D eigenvalue weighted by atomic mass is 16.5. The summed E-state index contributed by atoms with van der Waals surface area (Å²) in [4.78, 5) is 16.7. The summed E-state index contributed by atoms with van der Waals surface area (Å²) in [5.41, 5.74) is 6.89. The second-order valence-electron chi connectivity index (χ2n) is 5.66. The number of nitrogens with zero attached hydrogens (tertiary/aromatic N) is 1. The number of hydrogen-bond acceptors (Lipinski definition) is 4. The van der Waals surface area contributed by atoms with Crippen LogP contribution in [0.3, 0.4) is 0 Å². The average molecular weight is 277 g/mol. The van der Waals surface area contributed by atoms with Gasteiger partial charge in [-0.2, -0.15) is 0 Å². The van der Waals surface area contributed by atoms with Gasteiger partial charge in [0, 0.05) is 17.9 Å². The molecule has 5 heteroatoms. The molecule has 1 aliphatic heterocycles. The fraction of sp³-hybridized carbons (Fsp3) is 0.600. The summed E-state index contributed by atoms with van der Waals surface area (Å²) in [6.07, 6.45) is 2.63. The third-order valence-corrected chi connectivity index (χ3v) is 3.95. The minimum absolute atomic E-state index is 0.0146. The van der Waals surface area contributed by atoms with Gasteiger partial charge in [0.1, 0.15) is 5.82 Å². The number of aryl methyl sites for hydroxylation is 1. The standard InChI is InChI=1S/C15H23N3O2/c1-4-5-12-8-11(9-13(16)17-12)14(19)18-15(3)6-7-20-10(15)2/h8-10H,4-7H2,1-3H3,(H2,16,17)(H,18,19). The number of carbonyl (C=O) groups is 1. The lowest BCUT2D eigenvalue weighted by molar-refractivity contribution is 0.0727. The van der Waals surface area contributed by atoms with Crippen LogP contribution in [0, 0.1) is 0 Å². The van der Waals surface area contributed by atoms with Crippen molar-refractivity contribution in [1.82, 2.24) is 10.3 Å². The van der Waals surface area contributed by atoms with Crippen LogP contribution in [0.5, 0.6) is 0 Å². The Labute approximate surface area is 119 Å². The number of nitrogens with two attached hydrogens (primary N) is 1. The third-order valence-electron chi connectivity index (χ3n) is 3.95. The Kier molecular flexibility index (Phi) is 4.28. The summed E-state index contributed by atoms with van der Waals surface area (Å²) in [6, 6.07) is 3.44. The van der Waals surface area contributed by atoms with Gasteiger partial charge in [0.25, 0.3) is 5.91 Å². The zero-order valence-corrected chi connectivity index (χ0v) is 12.4. The summed E-state index contributed by atoms with van der Waals surface area (Å²) in [7, 11) is 0. The normalized spacial score (nSPS) is 25.6. The molecule has 110 valence electrons. The molecule has 1 saturated heterocycles. The molecule has 2 heterocycles. The molecule has 1 aromatic heterocycles. The highest BCUT2D eigenvalue weighted by Crippen LogP contribution is 2.25. The van der Waals surface area contributed by atoms with Crippen molar-refractivity contribution in [1.29, 1.82) is 0 Å². The molecule has 0 saturated carbocycles. The Balaban J connectivity index is 2.16. The molecule has 0 radical (unpaired) electrons. The summed E-state index contributed by atoms with van der Waals surface area (Å²) in [5.74, 6) is 0.276. The maximum atomic E-state index is 12.4. The van der Waals surface area contributed by atoms with E-state index in [-0.39, 0.29) is 17.6 Å². The minimum Gasteiger partial charge on any atom is -0.384 e. The van der Waals surface area contributed by atoms with Gasteiger partial charge in [-0.15, -0.1) is 0 Å². The quantitative estimate of drug-likeness (QED) is 0.881. The fourth-order valence-corrected chi connectivity index (χ4v) is 2.46. The van der Waals surface area contributed by atoms with E-state index in [1.165, 1.54) is 0 Å². The fourth-order valence-electron chi connectivity index (χ4n) is 2.46. The van der Waals surface area contributed by atoms with E-state index in [2.05, 4.69) is 17.2 Å². The maximum absolute atomic E-state index is 12.4. The van der Waals surface area contributed by atoms with Crippen LogP contribution in [0.15, 0.2) is 12.1 Å². The number of aromatic nitrogens is 1. The van der Waals surface area contributed by atoms with E-state index in [0.29, 0.717) is 18.0 Å². The second kappa shape index (κ2) is 5.79. The van der Waals surface area contributed by atoms with Crippen LogP contribution < -0.4 is 11.1 Å². The number of anilines is 1. The molecule has 5 nitrogen and oxygen atoms in total. The molecule has 1 amide bonds. The summed E-state index contributed by atoms with van der Waals surface area (Å²) < 4.78 is 5.54. The van der Waals surface area contributed by atoms with Crippen molar-refractivity contribution in [2.45, 2.75) is 51.7 Å². The third kappa shape index (κ3) is 3.10. The van der Waals surface area contributed by atoms with Crippen LogP contribution in [-0.4, -0.2) is 29.1 Å². The van der Waals surface area contributed by atoms with Crippen LogP contribution in [0.1, 0.15) is 49.7 Å². The number of ether oxygens (including phenoxy) is 1. The first-order valence-corrected chi connectivity index (χ1v) is 7.15. The van der Waals surface area contributed by atoms with E-state index in [0.717, 1.165) is 25.0 Å². The lowest BCUT2D eigenvalue weighted by Crippen LogP contribution is -2.50. The van der Waals surface area contributed by atoms with E-state index < -0.39 is 0 Å². The van der Waals surface area contributed by atoms with Gasteiger partial charge in [-0.3, -0.25) is 4.79 Å². The predicted octanol–water partition coefficient (Wildman–Crippen LogP) is 1.91. The van der Waals surface area contributed by atoms with Gasteiger partial charge >= 0.3 is 0 Å². The van der Waals surface area contributed by atoms with E-state index in [4.69, 9.17) is 10.5 Å². The number of amides is 1. The van der Waals surface area contributed by atoms with Gasteiger partial charge in [-0.25, -0.2) is 4.98 Å². The van der Waals surface area contributed by atoms with Crippen LogP contribution >= 0.6 is 0 Å². The minimum atomic E-state index is -0.319. The SMILES string of the molecule is CCCc1cc(C(=O)NC2(C)CCOC2C)cc(N)n1. The molecule has 2 atom stereocenters. The molecule has 1 fully saturated rings. The van der Waals surface area contributed by atoms with Gasteiger partial charge in [0.05, 0.1) is 11.6 Å². The molecular weight excluding hydrogens is 254 g/mol. The van der Waals surface area contributed by atoms with Crippen molar-refractivity contribution in [2.75, 3.05) is 12.3 Å². The zero-order chi connectivity index (χ0) is 14.8. The first-order valence-electron chi connectivity index (χ1n) is 7.15. The molecule has 2 unspecified atom stereocenters. The van der Waals surface area contributed by atoms with Crippen molar-refractivity contribution in [3.8, 4) is 0 Å². The van der Waals surface area contributed by atoms with Crippen LogP contribution in [-0.2, 0) is 11.2 Å². The zero-order valence-electron chi connectivity index (χ0n) is 12.4. The molecule has 3 N–H and O–H groups in total. The van der Waals surface area contributed by atoms with E-state index in [9.17, 15) is 4.79 Å². The number of nitrogen functional groups attached to an aromatic ring is 1. The van der Waals surface area contributed by atoms with Gasteiger partial charge in [0.15, 0.2) is 0 Å². The Morgan fingerprint density at radius 3 is 2.95 bits per heavy atom. The first kappa shape index (κ1) is 14.8. The van der Waals surface area contributed by atoms with Crippen molar-refractivity contribution in [3.63, 3.8) is 0 Å². The Morgan fingerprint density at radius 2 is 2.35 bits per heavy atom. The van der Waals surface area contributed by atoms with Crippen molar-refractivity contribution < 1.29 is 9.53 Å². The lowest BCUT2D eigenvalue weighted by Gasteiger charge is -2.29. The molecule has 1 aromatic rings. The molecule has 0 aliphatic carbocycles. The lowest BCUT2D eigenvalue weighted by atomic mass is 9.94. The van der Waals surface area contributed by atoms with E-state index >= 15 is 0 Å². The predicted molar refractivity (Wildman–Crippen MR) is 78.5 cm³/mol. The van der Waals surface area contributed by atoms with Gasteiger partial charge in [-0.1, -0.05) is 13.3 Å². The van der Waals surface area contributed by atoms with Crippen molar-refractivity contribution >= 4 is 11.7 Å². The molecule has 0 spiro atoms. The topological polar surface area (TPSA) is 77.2 Å². The molecule has 2 rings (SSSR count). The second-order valence-corrected chi connectivity index (χ2v) is 5.66. The van der Waals surface area contributed by atoms with Gasteiger partial charge in [0.2, 0.25) is 0 Å². The van der Waals surface area contributed by atoms with E-state index in [1.807, 2.05) is 19.9 Å².